The number of carbonyl (C=O) groups is 1. The van der Waals surface area contributed by atoms with Crippen LogP contribution in [0.15, 0.2) is 42.9 Å². The average Bonchev–Trinajstić information content (AvgIpc) is 3.28. The number of amides is 1. The number of piperidine rings is 1. The van der Waals surface area contributed by atoms with E-state index >= 15 is 0 Å². The summed E-state index contributed by atoms with van der Waals surface area (Å²) in [4.78, 5) is 27.4. The monoisotopic (exact) mass is 442 g/mol. The lowest BCUT2D eigenvalue weighted by Gasteiger charge is -2.41. The molecule has 1 fully saturated rings. The second-order valence-electron chi connectivity index (χ2n) is 7.85. The van der Waals surface area contributed by atoms with Gasteiger partial charge in [-0.25, -0.2) is 9.97 Å². The van der Waals surface area contributed by atoms with E-state index < -0.39 is 5.54 Å². The van der Waals surface area contributed by atoms with Gasteiger partial charge in [0, 0.05) is 30.9 Å². The second-order valence-corrected chi connectivity index (χ2v) is 8.28. The third kappa shape index (κ3) is 4.37. The Balaban J connectivity index is 1.48. The van der Waals surface area contributed by atoms with Gasteiger partial charge in [-0.15, -0.1) is 0 Å². The SMILES string of the molecule is CNC1(C(=O)N[C@@H](CCO)c2ccc(Cl)cc2)CCN(c2ncnc3[nH]ccc23)CC1. The van der Waals surface area contributed by atoms with Gasteiger partial charge in [-0.05, 0) is 50.1 Å². The highest BCUT2D eigenvalue weighted by Crippen LogP contribution is 2.30. The van der Waals surface area contributed by atoms with Gasteiger partial charge in [-0.3, -0.25) is 4.79 Å². The summed E-state index contributed by atoms with van der Waals surface area (Å²) in [5.74, 6) is 0.827. The Kier molecular flexibility index (Phi) is 6.41. The molecule has 1 aromatic carbocycles. The van der Waals surface area contributed by atoms with Crippen LogP contribution in [0, 0.1) is 0 Å². The number of halogens is 1. The number of fused-ring (bicyclic) bond motifs is 1. The van der Waals surface area contributed by atoms with Crippen molar-refractivity contribution < 1.29 is 9.90 Å². The summed E-state index contributed by atoms with van der Waals surface area (Å²) in [5, 5.41) is 17.5. The lowest BCUT2D eigenvalue weighted by atomic mass is 9.86. The first-order valence-electron chi connectivity index (χ1n) is 10.5. The van der Waals surface area contributed by atoms with Crippen LogP contribution in [0.3, 0.4) is 0 Å². The minimum absolute atomic E-state index is 0.0196. The van der Waals surface area contributed by atoms with Gasteiger partial charge in [0.05, 0.1) is 11.4 Å². The maximum atomic E-state index is 13.4. The van der Waals surface area contributed by atoms with Gasteiger partial charge in [-0.2, -0.15) is 0 Å². The maximum absolute atomic E-state index is 13.4. The first kappa shape index (κ1) is 21.5. The Morgan fingerprint density at radius 2 is 2.00 bits per heavy atom. The van der Waals surface area contributed by atoms with Crippen LogP contribution in [0.25, 0.3) is 11.0 Å². The molecule has 9 heteroatoms. The molecule has 0 radical (unpaired) electrons. The number of aliphatic hydroxyl groups excluding tert-OH is 1. The van der Waals surface area contributed by atoms with Gasteiger partial charge in [0.1, 0.15) is 23.3 Å². The molecule has 1 amide bonds. The van der Waals surface area contributed by atoms with Crippen molar-refractivity contribution in [3.05, 3.63) is 53.4 Å². The molecule has 31 heavy (non-hydrogen) atoms. The molecular weight excluding hydrogens is 416 g/mol. The van der Waals surface area contributed by atoms with Crippen molar-refractivity contribution >= 4 is 34.4 Å². The third-order valence-corrected chi connectivity index (χ3v) is 6.41. The molecule has 3 aromatic rings. The van der Waals surface area contributed by atoms with E-state index in [1.165, 1.54) is 0 Å². The summed E-state index contributed by atoms with van der Waals surface area (Å²) in [7, 11) is 1.83. The van der Waals surface area contributed by atoms with Crippen molar-refractivity contribution in [2.75, 3.05) is 31.6 Å². The molecule has 3 heterocycles. The van der Waals surface area contributed by atoms with Gasteiger partial charge in [0.15, 0.2) is 0 Å². The minimum atomic E-state index is -0.680. The van der Waals surface area contributed by atoms with Crippen LogP contribution in [-0.2, 0) is 4.79 Å². The Morgan fingerprint density at radius 3 is 2.68 bits per heavy atom. The third-order valence-electron chi connectivity index (χ3n) is 6.16. The molecule has 2 aromatic heterocycles. The van der Waals surface area contributed by atoms with Gasteiger partial charge >= 0.3 is 0 Å². The number of likely N-dealkylation sites (N-methyl/N-ethyl adjacent to an activating group) is 1. The number of benzene rings is 1. The topological polar surface area (TPSA) is 106 Å². The fraction of sp³-hybridized carbons (Fsp3) is 0.409. The Labute approximate surface area is 186 Å². The van der Waals surface area contributed by atoms with Crippen LogP contribution in [0.4, 0.5) is 5.82 Å². The number of aromatic nitrogens is 3. The Bertz CT molecular complexity index is 1030. The predicted molar refractivity (Wildman–Crippen MR) is 121 cm³/mol. The lowest BCUT2D eigenvalue weighted by molar-refractivity contribution is -0.129. The Morgan fingerprint density at radius 1 is 1.26 bits per heavy atom. The zero-order chi connectivity index (χ0) is 21.8. The van der Waals surface area contributed by atoms with Crippen molar-refractivity contribution in [1.82, 2.24) is 25.6 Å². The van der Waals surface area contributed by atoms with Gasteiger partial charge in [0.25, 0.3) is 0 Å². The van der Waals surface area contributed by atoms with Crippen molar-refractivity contribution in [1.29, 1.82) is 0 Å². The van der Waals surface area contributed by atoms with Gasteiger partial charge in [-0.1, -0.05) is 23.7 Å². The van der Waals surface area contributed by atoms with E-state index in [4.69, 9.17) is 11.6 Å². The largest absolute Gasteiger partial charge is 0.396 e. The summed E-state index contributed by atoms with van der Waals surface area (Å²) >= 11 is 6.00. The number of aliphatic hydroxyl groups is 1. The van der Waals surface area contributed by atoms with Gasteiger partial charge < -0.3 is 25.6 Å². The quantitative estimate of drug-likeness (QED) is 0.447. The van der Waals surface area contributed by atoms with Crippen LogP contribution in [0.5, 0.6) is 0 Å². The highest BCUT2D eigenvalue weighted by molar-refractivity contribution is 6.30. The van der Waals surface area contributed by atoms with Crippen molar-refractivity contribution in [3.8, 4) is 0 Å². The molecule has 4 N–H and O–H groups in total. The molecule has 1 atom stereocenters. The molecular formula is C22H27ClN6O2. The van der Waals surface area contributed by atoms with E-state index in [1.807, 2.05) is 31.4 Å². The molecule has 1 aliphatic heterocycles. The molecule has 164 valence electrons. The van der Waals surface area contributed by atoms with E-state index in [2.05, 4.69) is 30.5 Å². The maximum Gasteiger partial charge on any atom is 0.240 e. The van der Waals surface area contributed by atoms with Crippen LogP contribution in [0.1, 0.15) is 30.9 Å². The molecule has 0 aliphatic carbocycles. The molecule has 8 nitrogen and oxygen atoms in total. The first-order chi connectivity index (χ1) is 15.1. The number of hydrogen-bond donors (Lipinski definition) is 4. The zero-order valence-electron chi connectivity index (χ0n) is 17.4. The normalized spacial score (nSPS) is 16.9. The van der Waals surface area contributed by atoms with Gasteiger partial charge in [0.2, 0.25) is 5.91 Å². The highest BCUT2D eigenvalue weighted by Gasteiger charge is 2.41. The van der Waals surface area contributed by atoms with E-state index in [-0.39, 0.29) is 18.6 Å². The second kappa shape index (κ2) is 9.21. The number of nitrogens with zero attached hydrogens (tertiary/aromatic N) is 3. The average molecular weight is 443 g/mol. The van der Waals surface area contributed by atoms with Crippen molar-refractivity contribution in [2.24, 2.45) is 0 Å². The van der Waals surface area contributed by atoms with E-state index in [9.17, 15) is 9.90 Å². The van der Waals surface area contributed by atoms with Crippen molar-refractivity contribution in [2.45, 2.75) is 30.8 Å². The van der Waals surface area contributed by atoms with Crippen LogP contribution in [0.2, 0.25) is 5.02 Å². The molecule has 0 bridgehead atoms. The number of aromatic amines is 1. The number of H-pyrrole nitrogens is 1. The standard InChI is InChI=1S/C22H27ClN6O2/c1-24-22(21(31)28-18(7-13-30)15-2-4-16(23)5-3-15)8-11-29(12-9-22)20-17-6-10-25-19(17)26-14-27-20/h2-6,10,14,18,24,30H,7-9,11-13H2,1H3,(H,28,31)(H,25,26,27)/t18-/m0/s1. The molecule has 0 unspecified atom stereocenters. The van der Waals surface area contributed by atoms with Crippen LogP contribution < -0.4 is 15.5 Å². The highest BCUT2D eigenvalue weighted by atomic mass is 35.5. The number of anilines is 1. The zero-order valence-corrected chi connectivity index (χ0v) is 18.2. The first-order valence-corrected chi connectivity index (χ1v) is 10.8. The molecule has 0 saturated carbocycles. The van der Waals surface area contributed by atoms with E-state index in [1.54, 1.807) is 18.5 Å². The molecule has 1 aliphatic rings. The minimum Gasteiger partial charge on any atom is -0.396 e. The smallest absolute Gasteiger partial charge is 0.240 e. The fourth-order valence-electron chi connectivity index (χ4n) is 4.24. The number of rotatable bonds is 7. The van der Waals surface area contributed by atoms with Crippen molar-refractivity contribution in [3.63, 3.8) is 0 Å². The molecule has 4 rings (SSSR count). The summed E-state index contributed by atoms with van der Waals surface area (Å²) in [6.45, 7) is 1.36. The van der Waals surface area contributed by atoms with Crippen LogP contribution >= 0.6 is 11.6 Å². The fourth-order valence-corrected chi connectivity index (χ4v) is 4.37. The molecule has 0 spiro atoms. The number of nitrogens with one attached hydrogen (secondary N) is 3. The summed E-state index contributed by atoms with van der Waals surface area (Å²) in [6, 6.07) is 9.05. The summed E-state index contributed by atoms with van der Waals surface area (Å²) in [6.07, 6.45) is 5.13. The van der Waals surface area contributed by atoms with E-state index in [0.717, 1.165) is 22.4 Å². The number of hydrogen-bond acceptors (Lipinski definition) is 6. The summed E-state index contributed by atoms with van der Waals surface area (Å²) in [5.41, 5.74) is 1.05. The lowest BCUT2D eigenvalue weighted by Crippen LogP contribution is -2.61. The number of carbonyl (C=O) groups excluding carboxylic acids is 1. The molecule has 1 saturated heterocycles. The summed E-state index contributed by atoms with van der Waals surface area (Å²) < 4.78 is 0. The van der Waals surface area contributed by atoms with E-state index in [0.29, 0.717) is 37.4 Å². The predicted octanol–water partition coefficient (Wildman–Crippen LogP) is 2.41. The van der Waals surface area contributed by atoms with Crippen LogP contribution in [-0.4, -0.2) is 58.2 Å². The Hall–Kier alpha value is -2.68.